The number of aromatic nitrogens is 4. The van der Waals surface area contributed by atoms with Crippen LogP contribution in [-0.4, -0.2) is 38.9 Å². The van der Waals surface area contributed by atoms with E-state index in [-0.39, 0.29) is 11.6 Å². The summed E-state index contributed by atoms with van der Waals surface area (Å²) < 4.78 is 7.06. The van der Waals surface area contributed by atoms with E-state index >= 15 is 0 Å². The lowest BCUT2D eigenvalue weighted by atomic mass is 10.1. The second-order valence-corrected chi connectivity index (χ2v) is 7.48. The molecule has 1 saturated heterocycles. The summed E-state index contributed by atoms with van der Waals surface area (Å²) >= 11 is 0. The first kappa shape index (κ1) is 15.9. The monoisotopic (exact) mass is 353 g/mol. The van der Waals surface area contributed by atoms with Gasteiger partial charge in [0.15, 0.2) is 0 Å². The molecular weight excluding hydrogens is 330 g/mol. The second kappa shape index (κ2) is 6.46. The first-order valence-electron chi connectivity index (χ1n) is 9.55. The minimum absolute atomic E-state index is 0.0394. The maximum atomic E-state index is 12.5. The van der Waals surface area contributed by atoms with Crippen LogP contribution in [0.2, 0.25) is 0 Å². The van der Waals surface area contributed by atoms with Crippen LogP contribution in [0.1, 0.15) is 48.7 Å². The molecule has 0 radical (unpaired) electrons. The van der Waals surface area contributed by atoms with E-state index in [4.69, 9.17) is 9.72 Å². The van der Waals surface area contributed by atoms with Crippen molar-refractivity contribution in [1.82, 2.24) is 19.7 Å². The molecule has 2 fully saturated rings. The van der Waals surface area contributed by atoms with Crippen molar-refractivity contribution in [2.45, 2.75) is 57.2 Å². The highest BCUT2D eigenvalue weighted by atomic mass is 16.5. The van der Waals surface area contributed by atoms with Crippen molar-refractivity contribution in [3.05, 3.63) is 45.8 Å². The molecule has 3 aliphatic rings. The molecule has 7 heteroatoms. The lowest BCUT2D eigenvalue weighted by Crippen LogP contribution is -2.38. The summed E-state index contributed by atoms with van der Waals surface area (Å²) in [6.07, 6.45) is 7.21. The van der Waals surface area contributed by atoms with Crippen LogP contribution in [-0.2, 0) is 24.3 Å². The summed E-state index contributed by atoms with van der Waals surface area (Å²) in [6.45, 7) is 2.76. The highest BCUT2D eigenvalue weighted by Gasteiger charge is 2.30. The number of nitrogens with zero attached hydrogens (tertiary/aromatic N) is 5. The Kier molecular flexibility index (Phi) is 3.96. The summed E-state index contributed by atoms with van der Waals surface area (Å²) in [6, 6.07) is 3.93. The van der Waals surface area contributed by atoms with Crippen LogP contribution in [0.3, 0.4) is 0 Å². The Morgan fingerprint density at radius 3 is 3.08 bits per heavy atom. The van der Waals surface area contributed by atoms with E-state index in [1.54, 1.807) is 10.7 Å². The predicted octanol–water partition coefficient (Wildman–Crippen LogP) is 1.65. The van der Waals surface area contributed by atoms with Gasteiger partial charge in [-0.05, 0) is 31.7 Å². The van der Waals surface area contributed by atoms with Crippen molar-refractivity contribution < 1.29 is 4.74 Å². The molecule has 5 rings (SSSR count). The number of anilines is 1. The normalized spacial score (nSPS) is 22.5. The lowest BCUT2D eigenvalue weighted by Gasteiger charge is -2.26. The van der Waals surface area contributed by atoms with Gasteiger partial charge in [0.1, 0.15) is 11.6 Å². The van der Waals surface area contributed by atoms with Crippen LogP contribution in [0, 0.1) is 0 Å². The van der Waals surface area contributed by atoms with E-state index in [9.17, 15) is 4.79 Å². The summed E-state index contributed by atoms with van der Waals surface area (Å²) in [4.78, 5) is 24.0. The molecule has 2 aromatic rings. The van der Waals surface area contributed by atoms with Gasteiger partial charge in [-0.25, -0.2) is 14.6 Å². The van der Waals surface area contributed by atoms with Gasteiger partial charge < -0.3 is 9.64 Å². The fraction of sp³-hybridized carbons (Fsp3) is 0.579. The Morgan fingerprint density at radius 1 is 1.27 bits per heavy atom. The highest BCUT2D eigenvalue weighted by Crippen LogP contribution is 2.38. The summed E-state index contributed by atoms with van der Waals surface area (Å²) in [5, 5.41) is 4.62. The molecule has 1 saturated carbocycles. The summed E-state index contributed by atoms with van der Waals surface area (Å²) in [5.74, 6) is 2.50. The summed E-state index contributed by atoms with van der Waals surface area (Å²) in [5.41, 5.74) is 1.89. The van der Waals surface area contributed by atoms with Crippen molar-refractivity contribution in [3.8, 4) is 0 Å². The third kappa shape index (κ3) is 3.00. The van der Waals surface area contributed by atoms with Crippen molar-refractivity contribution in [3.63, 3.8) is 0 Å². The van der Waals surface area contributed by atoms with E-state index in [1.807, 2.05) is 12.3 Å². The van der Waals surface area contributed by atoms with Crippen LogP contribution in [0.4, 0.5) is 5.82 Å². The van der Waals surface area contributed by atoms with Gasteiger partial charge in [0, 0.05) is 36.7 Å². The van der Waals surface area contributed by atoms with E-state index in [1.165, 1.54) is 12.8 Å². The quantitative estimate of drug-likeness (QED) is 0.832. The Balaban J connectivity index is 1.39. The molecule has 0 bridgehead atoms. The van der Waals surface area contributed by atoms with Gasteiger partial charge in [-0.1, -0.05) is 0 Å². The second-order valence-electron chi connectivity index (χ2n) is 7.48. The Bertz CT molecular complexity index is 876. The van der Waals surface area contributed by atoms with Crippen molar-refractivity contribution >= 4 is 5.82 Å². The Morgan fingerprint density at radius 2 is 2.19 bits per heavy atom. The standard InChI is InChI=1S/C19H23N5O2/c25-18-10-14-12-26-9-6-16(14)22-24(18)11-15-2-1-8-23(15)17-5-7-20-19(21-17)13-3-4-13/h5,7,10,13,15H,1-4,6,8-9,11-12H2. The average molecular weight is 353 g/mol. The zero-order valence-corrected chi connectivity index (χ0v) is 14.8. The number of hydrogen-bond acceptors (Lipinski definition) is 6. The van der Waals surface area contributed by atoms with Gasteiger partial charge in [0.2, 0.25) is 0 Å². The topological polar surface area (TPSA) is 73.1 Å². The van der Waals surface area contributed by atoms with Gasteiger partial charge in [0.25, 0.3) is 5.56 Å². The first-order valence-corrected chi connectivity index (χ1v) is 9.55. The minimum atomic E-state index is -0.0394. The van der Waals surface area contributed by atoms with Crippen molar-refractivity contribution in [2.75, 3.05) is 18.1 Å². The number of hydrogen-bond donors (Lipinski definition) is 0. The van der Waals surface area contributed by atoms with Crippen molar-refractivity contribution in [2.24, 2.45) is 0 Å². The molecular formula is C19H23N5O2. The van der Waals surface area contributed by atoms with Crippen LogP contribution in [0.15, 0.2) is 23.1 Å². The van der Waals surface area contributed by atoms with Crippen LogP contribution in [0.5, 0.6) is 0 Å². The smallest absolute Gasteiger partial charge is 0.267 e. The fourth-order valence-corrected chi connectivity index (χ4v) is 3.97. The van der Waals surface area contributed by atoms with Gasteiger partial charge in [0.05, 0.1) is 31.5 Å². The number of fused-ring (bicyclic) bond motifs is 1. The molecule has 0 aromatic carbocycles. The maximum absolute atomic E-state index is 12.5. The molecule has 4 heterocycles. The number of rotatable bonds is 4. The Hall–Kier alpha value is -2.28. The van der Waals surface area contributed by atoms with E-state index in [2.05, 4.69) is 15.0 Å². The van der Waals surface area contributed by atoms with Gasteiger partial charge in [-0.15, -0.1) is 0 Å². The highest BCUT2D eigenvalue weighted by molar-refractivity contribution is 5.41. The van der Waals surface area contributed by atoms with Crippen LogP contribution >= 0.6 is 0 Å². The van der Waals surface area contributed by atoms with Crippen LogP contribution < -0.4 is 10.5 Å². The van der Waals surface area contributed by atoms with Crippen molar-refractivity contribution in [1.29, 1.82) is 0 Å². The molecule has 1 unspecified atom stereocenters. The zero-order chi connectivity index (χ0) is 17.5. The third-order valence-corrected chi connectivity index (χ3v) is 5.56. The Labute approximate surface area is 152 Å². The van der Waals surface area contributed by atoms with E-state index < -0.39 is 0 Å². The lowest BCUT2D eigenvalue weighted by molar-refractivity contribution is 0.108. The molecule has 1 atom stereocenters. The molecule has 26 heavy (non-hydrogen) atoms. The molecule has 0 amide bonds. The van der Waals surface area contributed by atoms with E-state index in [0.29, 0.717) is 25.7 Å². The summed E-state index contributed by atoms with van der Waals surface area (Å²) in [7, 11) is 0. The largest absolute Gasteiger partial charge is 0.376 e. The van der Waals surface area contributed by atoms with Gasteiger partial charge in [-0.2, -0.15) is 5.10 Å². The molecule has 2 aliphatic heterocycles. The third-order valence-electron chi connectivity index (χ3n) is 5.56. The molecule has 1 aliphatic carbocycles. The van der Waals surface area contributed by atoms with Gasteiger partial charge in [-0.3, -0.25) is 4.79 Å². The van der Waals surface area contributed by atoms with E-state index in [0.717, 1.165) is 48.7 Å². The SMILES string of the molecule is O=c1cc2c(nn1CC1CCCN1c1ccnc(C3CC3)n1)CCOC2. The predicted molar refractivity (Wildman–Crippen MR) is 96.2 cm³/mol. The molecule has 2 aromatic heterocycles. The zero-order valence-electron chi connectivity index (χ0n) is 14.8. The van der Waals surface area contributed by atoms with Gasteiger partial charge >= 0.3 is 0 Å². The van der Waals surface area contributed by atoms with Crippen LogP contribution in [0.25, 0.3) is 0 Å². The minimum Gasteiger partial charge on any atom is -0.376 e. The molecule has 0 spiro atoms. The maximum Gasteiger partial charge on any atom is 0.267 e. The first-order chi connectivity index (χ1) is 12.8. The molecule has 136 valence electrons. The molecule has 7 nitrogen and oxygen atoms in total. The average Bonchev–Trinajstić information content (AvgIpc) is 3.42. The number of ether oxygens (including phenoxy) is 1. The molecule has 0 N–H and O–H groups in total. The fourth-order valence-electron chi connectivity index (χ4n) is 3.97.